The number of benzene rings is 3. The van der Waals surface area contributed by atoms with Gasteiger partial charge in [0.15, 0.2) is 5.82 Å². The number of hydrogen-bond donors (Lipinski definition) is 1. The molecule has 0 fully saturated rings. The highest BCUT2D eigenvalue weighted by Gasteiger charge is 2.11. The van der Waals surface area contributed by atoms with Crippen molar-refractivity contribution < 1.29 is 4.39 Å². The molecule has 1 N–H and O–H groups in total. The maximum Gasteiger partial charge on any atom is 0.162 e. The van der Waals surface area contributed by atoms with Crippen molar-refractivity contribution in [3.05, 3.63) is 83.1 Å². The third-order valence-corrected chi connectivity index (χ3v) is 4.37. The Morgan fingerprint density at radius 2 is 1.77 bits per heavy atom. The highest BCUT2D eigenvalue weighted by atomic mass is 35.5. The molecule has 0 amide bonds. The summed E-state index contributed by atoms with van der Waals surface area (Å²) in [6, 6.07) is 19.6. The lowest BCUT2D eigenvalue weighted by Gasteiger charge is -2.13. The molecule has 5 heteroatoms. The number of aromatic nitrogens is 2. The quantitative estimate of drug-likeness (QED) is 0.475. The Labute approximate surface area is 155 Å². The fourth-order valence-electron chi connectivity index (χ4n) is 2.79. The number of anilines is 2. The zero-order valence-electron chi connectivity index (χ0n) is 14.0. The lowest BCUT2D eigenvalue weighted by atomic mass is 10.1. The van der Waals surface area contributed by atoms with Crippen LogP contribution in [-0.4, -0.2) is 9.97 Å². The van der Waals surface area contributed by atoms with Crippen molar-refractivity contribution in [2.24, 2.45) is 0 Å². The molecule has 0 aliphatic carbocycles. The van der Waals surface area contributed by atoms with Gasteiger partial charge in [-0.05, 0) is 48.9 Å². The molecule has 0 radical (unpaired) electrons. The van der Waals surface area contributed by atoms with E-state index < -0.39 is 0 Å². The number of hydrogen-bond acceptors (Lipinski definition) is 3. The zero-order chi connectivity index (χ0) is 18.1. The van der Waals surface area contributed by atoms with Gasteiger partial charge in [0.2, 0.25) is 0 Å². The van der Waals surface area contributed by atoms with Crippen molar-refractivity contribution in [2.45, 2.75) is 6.92 Å². The molecule has 4 aromatic rings. The van der Waals surface area contributed by atoms with E-state index in [2.05, 4.69) is 15.3 Å². The topological polar surface area (TPSA) is 37.8 Å². The van der Waals surface area contributed by atoms with Crippen LogP contribution >= 0.6 is 11.6 Å². The lowest BCUT2D eigenvalue weighted by molar-refractivity contribution is 0.628. The fourth-order valence-corrected chi connectivity index (χ4v) is 2.96. The molecule has 3 aromatic carbocycles. The molecule has 0 saturated carbocycles. The number of aryl methyl sites for hydroxylation is 1. The molecular formula is C21H15ClFN3. The summed E-state index contributed by atoms with van der Waals surface area (Å²) in [6.07, 6.45) is 0. The monoisotopic (exact) mass is 363 g/mol. The summed E-state index contributed by atoms with van der Waals surface area (Å²) in [4.78, 5) is 9.23. The van der Waals surface area contributed by atoms with Gasteiger partial charge in [-0.25, -0.2) is 14.4 Å². The summed E-state index contributed by atoms with van der Waals surface area (Å²) in [7, 11) is 0. The molecule has 0 unspecified atom stereocenters. The van der Waals surface area contributed by atoms with E-state index in [-0.39, 0.29) is 5.82 Å². The van der Waals surface area contributed by atoms with Crippen LogP contribution in [0.25, 0.3) is 22.3 Å². The minimum absolute atomic E-state index is 0.320. The first-order valence-corrected chi connectivity index (χ1v) is 8.54. The van der Waals surface area contributed by atoms with Crippen molar-refractivity contribution >= 4 is 34.0 Å². The van der Waals surface area contributed by atoms with Gasteiger partial charge in [-0.15, -0.1) is 0 Å². The Morgan fingerprint density at radius 3 is 2.62 bits per heavy atom. The predicted octanol–water partition coefficient (Wildman–Crippen LogP) is 6.14. The van der Waals surface area contributed by atoms with E-state index in [1.807, 2.05) is 49.4 Å². The van der Waals surface area contributed by atoms with Crippen LogP contribution in [0.2, 0.25) is 5.02 Å². The van der Waals surface area contributed by atoms with Crippen molar-refractivity contribution in [3.63, 3.8) is 0 Å². The van der Waals surface area contributed by atoms with E-state index in [4.69, 9.17) is 11.6 Å². The van der Waals surface area contributed by atoms with Crippen LogP contribution in [0.4, 0.5) is 15.9 Å². The number of rotatable bonds is 3. The Bertz CT molecular complexity index is 1110. The van der Waals surface area contributed by atoms with E-state index in [9.17, 15) is 4.39 Å². The molecular weight excluding hydrogens is 349 g/mol. The first-order chi connectivity index (χ1) is 12.6. The van der Waals surface area contributed by atoms with Crippen LogP contribution in [0.15, 0.2) is 66.7 Å². The molecule has 128 valence electrons. The molecule has 0 aliphatic heterocycles. The minimum atomic E-state index is -0.320. The first kappa shape index (κ1) is 16.5. The van der Waals surface area contributed by atoms with E-state index in [1.165, 1.54) is 12.1 Å². The first-order valence-electron chi connectivity index (χ1n) is 8.16. The smallest absolute Gasteiger partial charge is 0.162 e. The Kier molecular flexibility index (Phi) is 4.27. The van der Waals surface area contributed by atoms with Crippen LogP contribution < -0.4 is 5.32 Å². The van der Waals surface area contributed by atoms with E-state index >= 15 is 0 Å². The Morgan fingerprint density at radius 1 is 0.923 bits per heavy atom. The third-order valence-electron chi connectivity index (χ3n) is 4.14. The second kappa shape index (κ2) is 6.73. The number of halogens is 2. The van der Waals surface area contributed by atoms with Gasteiger partial charge in [-0.2, -0.15) is 0 Å². The molecule has 26 heavy (non-hydrogen) atoms. The van der Waals surface area contributed by atoms with Crippen LogP contribution in [0.1, 0.15) is 5.56 Å². The normalized spacial score (nSPS) is 10.9. The molecule has 1 heterocycles. The molecule has 0 saturated heterocycles. The minimum Gasteiger partial charge on any atom is -0.339 e. The number of nitrogens with one attached hydrogen (secondary N) is 1. The summed E-state index contributed by atoms with van der Waals surface area (Å²) in [5.74, 6) is 0.796. The lowest BCUT2D eigenvalue weighted by Crippen LogP contribution is -2.00. The highest BCUT2D eigenvalue weighted by molar-refractivity contribution is 6.30. The fraction of sp³-hybridized carbons (Fsp3) is 0.0476. The molecule has 0 atom stereocenters. The van der Waals surface area contributed by atoms with Crippen LogP contribution in [0.3, 0.4) is 0 Å². The van der Waals surface area contributed by atoms with E-state index in [0.29, 0.717) is 22.2 Å². The van der Waals surface area contributed by atoms with Crippen LogP contribution in [-0.2, 0) is 0 Å². The molecule has 1 aromatic heterocycles. The molecule has 3 nitrogen and oxygen atoms in total. The van der Waals surface area contributed by atoms with Crippen molar-refractivity contribution in [1.82, 2.24) is 9.97 Å². The van der Waals surface area contributed by atoms with Gasteiger partial charge >= 0.3 is 0 Å². The van der Waals surface area contributed by atoms with Crippen LogP contribution in [0.5, 0.6) is 0 Å². The molecule has 4 rings (SSSR count). The van der Waals surface area contributed by atoms with Crippen molar-refractivity contribution in [1.29, 1.82) is 0 Å². The Balaban J connectivity index is 1.88. The third kappa shape index (κ3) is 3.24. The van der Waals surface area contributed by atoms with Crippen molar-refractivity contribution in [3.8, 4) is 11.4 Å². The SMILES string of the molecule is Cc1ccc(Cl)cc1Nc1nc(-c2cccc(F)c2)nc2ccccc12. The maximum atomic E-state index is 13.6. The average Bonchev–Trinajstić information content (AvgIpc) is 2.64. The van der Waals surface area contributed by atoms with E-state index in [0.717, 1.165) is 22.2 Å². The summed E-state index contributed by atoms with van der Waals surface area (Å²) >= 11 is 6.13. The Hall–Kier alpha value is -2.98. The molecule has 0 bridgehead atoms. The highest BCUT2D eigenvalue weighted by Crippen LogP contribution is 2.29. The summed E-state index contributed by atoms with van der Waals surface area (Å²) in [6.45, 7) is 2.00. The predicted molar refractivity (Wildman–Crippen MR) is 104 cm³/mol. The second-order valence-corrected chi connectivity index (χ2v) is 6.44. The largest absolute Gasteiger partial charge is 0.339 e. The molecule has 0 aliphatic rings. The van der Waals surface area contributed by atoms with Gasteiger partial charge in [0.05, 0.1) is 5.52 Å². The van der Waals surface area contributed by atoms with Crippen molar-refractivity contribution in [2.75, 3.05) is 5.32 Å². The summed E-state index contributed by atoms with van der Waals surface area (Å²) in [5.41, 5.74) is 3.32. The van der Waals surface area contributed by atoms with Gasteiger partial charge in [0.1, 0.15) is 11.6 Å². The maximum absolute atomic E-state index is 13.6. The number of para-hydroxylation sites is 1. The summed E-state index contributed by atoms with van der Waals surface area (Å²) < 4.78 is 13.6. The average molecular weight is 364 g/mol. The van der Waals surface area contributed by atoms with Gasteiger partial charge in [0, 0.05) is 21.7 Å². The zero-order valence-corrected chi connectivity index (χ0v) is 14.8. The van der Waals surface area contributed by atoms with E-state index in [1.54, 1.807) is 12.1 Å². The molecule has 0 spiro atoms. The number of nitrogens with zero attached hydrogens (tertiary/aromatic N) is 2. The second-order valence-electron chi connectivity index (χ2n) is 6.01. The standard InChI is InChI=1S/C21H15ClFN3/c1-13-9-10-15(22)12-19(13)25-21-17-7-2-3-8-18(17)24-20(26-21)14-5-4-6-16(23)11-14/h2-12H,1H3,(H,24,25,26). The summed E-state index contributed by atoms with van der Waals surface area (Å²) in [5, 5.41) is 4.87. The van der Waals surface area contributed by atoms with Gasteiger partial charge in [0.25, 0.3) is 0 Å². The van der Waals surface area contributed by atoms with Gasteiger partial charge in [-0.1, -0.05) is 41.9 Å². The van der Waals surface area contributed by atoms with Crippen LogP contribution in [0, 0.1) is 12.7 Å². The number of fused-ring (bicyclic) bond motifs is 1. The van der Waals surface area contributed by atoms with Gasteiger partial charge in [-0.3, -0.25) is 0 Å². The van der Waals surface area contributed by atoms with Gasteiger partial charge < -0.3 is 5.32 Å².